The van der Waals surface area contributed by atoms with Gasteiger partial charge in [0.1, 0.15) is 0 Å². The molecule has 11 heavy (non-hydrogen) atoms. The largest absolute Gasteiger partial charge is 0.335 e. The van der Waals surface area contributed by atoms with Crippen molar-refractivity contribution in [2.24, 2.45) is 0 Å². The summed E-state index contributed by atoms with van der Waals surface area (Å²) < 4.78 is 4.71. The van der Waals surface area contributed by atoms with Crippen LogP contribution >= 0.6 is 0 Å². The Morgan fingerprint density at radius 2 is 2.27 bits per heavy atom. The lowest BCUT2D eigenvalue weighted by Gasteiger charge is -1.74. The molecule has 0 saturated carbocycles. The van der Waals surface area contributed by atoms with Gasteiger partial charge in [0.05, 0.1) is 0 Å². The Morgan fingerprint density at radius 1 is 1.36 bits per heavy atom. The van der Waals surface area contributed by atoms with Gasteiger partial charge in [-0.1, -0.05) is 36.0 Å². The molecule has 0 amide bonds. The molecule has 1 heterocycles. The lowest BCUT2D eigenvalue weighted by atomic mass is 10.4. The maximum Gasteiger partial charge on any atom is 0.250 e. The Bertz CT molecular complexity index is 260. The summed E-state index contributed by atoms with van der Waals surface area (Å²) in [6, 6.07) is 0. The van der Waals surface area contributed by atoms with E-state index in [0.717, 1.165) is 0 Å². The minimum atomic E-state index is 0.499. The van der Waals surface area contributed by atoms with Crippen LogP contribution in [0.1, 0.15) is 5.89 Å². The second kappa shape index (κ2) is 4.22. The number of allylic oxidation sites excluding steroid dienone is 4. The van der Waals surface area contributed by atoms with E-state index in [0.29, 0.717) is 5.89 Å². The summed E-state index contributed by atoms with van der Waals surface area (Å²) in [5.74, 6) is 0.499. The third-order valence-corrected chi connectivity index (χ3v) is 0.975. The summed E-state index contributed by atoms with van der Waals surface area (Å²) in [6.45, 7) is 3.52. The fourth-order valence-electron chi connectivity index (χ4n) is 0.536. The van der Waals surface area contributed by atoms with Gasteiger partial charge in [0.25, 0.3) is 0 Å². The van der Waals surface area contributed by atoms with Crippen LogP contribution in [0.4, 0.5) is 0 Å². The average molecular weight is 148 g/mol. The van der Waals surface area contributed by atoms with Crippen molar-refractivity contribution < 1.29 is 4.52 Å². The summed E-state index contributed by atoms with van der Waals surface area (Å²) in [5, 5.41) is 3.44. The van der Waals surface area contributed by atoms with E-state index in [9.17, 15) is 0 Å². The van der Waals surface area contributed by atoms with Crippen LogP contribution in [0.5, 0.6) is 0 Å². The van der Waals surface area contributed by atoms with Gasteiger partial charge in [-0.15, -0.1) is 0 Å². The van der Waals surface area contributed by atoms with Gasteiger partial charge >= 0.3 is 0 Å². The molecule has 0 radical (unpaired) electrons. The topological polar surface area (TPSA) is 38.9 Å². The molecule has 0 aliphatic heterocycles. The first-order chi connectivity index (χ1) is 5.43. The molecular formula is C8H8N2O. The molecule has 1 rings (SSSR count). The molecule has 3 heteroatoms. The van der Waals surface area contributed by atoms with Crippen LogP contribution in [0.15, 0.2) is 41.7 Å². The molecule has 1 aromatic rings. The highest BCUT2D eigenvalue weighted by molar-refractivity contribution is 5.40. The van der Waals surface area contributed by atoms with Gasteiger partial charge in [0.15, 0.2) is 6.33 Å². The molecule has 0 aliphatic carbocycles. The van der Waals surface area contributed by atoms with E-state index in [1.165, 1.54) is 6.33 Å². The van der Waals surface area contributed by atoms with Crippen LogP contribution in [0.25, 0.3) is 6.08 Å². The second-order valence-corrected chi connectivity index (χ2v) is 1.76. The highest BCUT2D eigenvalue weighted by atomic mass is 16.5. The Balaban J connectivity index is 2.49. The smallest absolute Gasteiger partial charge is 0.250 e. The van der Waals surface area contributed by atoms with Crippen LogP contribution in [-0.2, 0) is 0 Å². The molecule has 0 saturated heterocycles. The first-order valence-corrected chi connectivity index (χ1v) is 3.16. The zero-order chi connectivity index (χ0) is 7.94. The zero-order valence-corrected chi connectivity index (χ0v) is 5.97. The monoisotopic (exact) mass is 148 g/mol. The predicted molar refractivity (Wildman–Crippen MR) is 42.7 cm³/mol. The Hall–Kier alpha value is -1.64. The quantitative estimate of drug-likeness (QED) is 0.614. The van der Waals surface area contributed by atoms with E-state index in [4.69, 9.17) is 4.52 Å². The molecular weight excluding hydrogens is 140 g/mol. The molecule has 0 unspecified atom stereocenters. The van der Waals surface area contributed by atoms with Gasteiger partial charge in [-0.05, 0) is 0 Å². The van der Waals surface area contributed by atoms with E-state index in [-0.39, 0.29) is 0 Å². The number of aromatic nitrogens is 2. The maximum absolute atomic E-state index is 4.71. The fourth-order valence-corrected chi connectivity index (χ4v) is 0.536. The third-order valence-electron chi connectivity index (χ3n) is 0.975. The van der Waals surface area contributed by atoms with Crippen molar-refractivity contribution >= 4 is 6.08 Å². The number of hydrogen-bond donors (Lipinski definition) is 0. The van der Waals surface area contributed by atoms with Crippen molar-refractivity contribution in [1.82, 2.24) is 10.1 Å². The van der Waals surface area contributed by atoms with E-state index in [1.54, 1.807) is 18.2 Å². The fraction of sp³-hybridized carbons (Fsp3) is 0. The molecule has 0 fully saturated rings. The second-order valence-electron chi connectivity index (χ2n) is 1.76. The molecule has 0 N–H and O–H groups in total. The van der Waals surface area contributed by atoms with Crippen molar-refractivity contribution in [1.29, 1.82) is 0 Å². The van der Waals surface area contributed by atoms with Gasteiger partial charge in [0, 0.05) is 6.08 Å². The number of nitrogens with zero attached hydrogens (tertiary/aromatic N) is 2. The molecule has 1 aromatic heterocycles. The predicted octanol–water partition coefficient (Wildman–Crippen LogP) is 1.82. The first-order valence-electron chi connectivity index (χ1n) is 3.16. The molecule has 0 aliphatic rings. The third kappa shape index (κ3) is 2.62. The Labute approximate surface area is 64.7 Å². The number of rotatable bonds is 3. The minimum Gasteiger partial charge on any atom is -0.335 e. The van der Waals surface area contributed by atoms with Crippen LogP contribution < -0.4 is 0 Å². The summed E-state index contributed by atoms with van der Waals surface area (Å²) in [5.41, 5.74) is 0. The average Bonchev–Trinajstić information content (AvgIpc) is 2.50. The highest BCUT2D eigenvalue weighted by Crippen LogP contribution is 1.93. The van der Waals surface area contributed by atoms with Crippen molar-refractivity contribution in [2.45, 2.75) is 0 Å². The van der Waals surface area contributed by atoms with Crippen molar-refractivity contribution in [3.05, 3.63) is 43.1 Å². The van der Waals surface area contributed by atoms with E-state index >= 15 is 0 Å². The zero-order valence-electron chi connectivity index (χ0n) is 5.97. The number of hydrogen-bond acceptors (Lipinski definition) is 3. The summed E-state index contributed by atoms with van der Waals surface area (Å²) in [6.07, 6.45) is 10.2. The van der Waals surface area contributed by atoms with E-state index in [1.807, 2.05) is 12.2 Å². The Kier molecular flexibility index (Phi) is 2.86. The van der Waals surface area contributed by atoms with Gasteiger partial charge in [-0.25, -0.2) is 0 Å². The molecule has 0 atom stereocenters. The lowest BCUT2D eigenvalue weighted by molar-refractivity contribution is 0.409. The highest BCUT2D eigenvalue weighted by Gasteiger charge is 1.86. The molecule has 3 nitrogen and oxygen atoms in total. The molecule has 0 spiro atoms. The van der Waals surface area contributed by atoms with Crippen LogP contribution in [0, 0.1) is 0 Å². The summed E-state index contributed by atoms with van der Waals surface area (Å²) >= 11 is 0. The van der Waals surface area contributed by atoms with Crippen molar-refractivity contribution in [3.63, 3.8) is 0 Å². The molecule has 56 valence electrons. The van der Waals surface area contributed by atoms with Gasteiger partial charge in [-0.3, -0.25) is 0 Å². The lowest BCUT2D eigenvalue weighted by Crippen LogP contribution is -1.64. The maximum atomic E-state index is 4.71. The van der Waals surface area contributed by atoms with E-state index in [2.05, 4.69) is 16.7 Å². The standard InChI is InChI=1S/C8H8N2O/c1-2-3-4-5-6-8-9-7-10-11-8/h2-7H,1H2/b4-3-,6-5+. The Morgan fingerprint density at radius 3 is 2.91 bits per heavy atom. The van der Waals surface area contributed by atoms with Crippen LogP contribution in [0.3, 0.4) is 0 Å². The normalized spacial score (nSPS) is 11.3. The summed E-state index contributed by atoms with van der Waals surface area (Å²) in [4.78, 5) is 3.79. The van der Waals surface area contributed by atoms with Gasteiger partial charge in [-0.2, -0.15) is 4.98 Å². The first kappa shape index (κ1) is 7.47. The van der Waals surface area contributed by atoms with Gasteiger partial charge < -0.3 is 4.52 Å². The molecule has 0 bridgehead atoms. The van der Waals surface area contributed by atoms with Crippen LogP contribution in [0.2, 0.25) is 0 Å². The van der Waals surface area contributed by atoms with E-state index < -0.39 is 0 Å². The minimum absolute atomic E-state index is 0.499. The van der Waals surface area contributed by atoms with Crippen molar-refractivity contribution in [2.75, 3.05) is 0 Å². The van der Waals surface area contributed by atoms with Gasteiger partial charge in [0.2, 0.25) is 5.89 Å². The molecule has 0 aromatic carbocycles. The summed E-state index contributed by atoms with van der Waals surface area (Å²) in [7, 11) is 0. The SMILES string of the molecule is C=C/C=C\C=C\c1ncno1. The van der Waals surface area contributed by atoms with Crippen LogP contribution in [-0.4, -0.2) is 10.1 Å². The van der Waals surface area contributed by atoms with Crippen molar-refractivity contribution in [3.8, 4) is 0 Å².